The summed E-state index contributed by atoms with van der Waals surface area (Å²) in [5.74, 6) is 0. The minimum Gasteiger partial charge on any atom is -0.389 e. The zero-order chi connectivity index (χ0) is 7.61. The fourth-order valence-electron chi connectivity index (χ4n) is 1.27. The van der Waals surface area contributed by atoms with Crippen molar-refractivity contribution in [1.82, 2.24) is 5.48 Å². The number of aliphatic hydroxyl groups is 2. The zero-order valence-electron chi connectivity index (χ0n) is 5.75. The molecule has 1 saturated carbocycles. The second kappa shape index (κ2) is 2.84. The molecule has 0 aliphatic heterocycles. The van der Waals surface area contributed by atoms with Crippen molar-refractivity contribution in [3.05, 3.63) is 0 Å². The molecule has 0 bridgehead atoms. The Morgan fingerprint density at radius 1 is 1.40 bits per heavy atom. The second-order valence-electron chi connectivity index (χ2n) is 2.80. The molecule has 0 saturated heterocycles. The van der Waals surface area contributed by atoms with E-state index in [1.165, 1.54) is 0 Å². The van der Waals surface area contributed by atoms with Gasteiger partial charge < -0.3 is 15.4 Å². The van der Waals surface area contributed by atoms with E-state index >= 15 is 0 Å². The van der Waals surface area contributed by atoms with Gasteiger partial charge in [-0.2, -0.15) is 5.48 Å². The van der Waals surface area contributed by atoms with Crippen molar-refractivity contribution >= 4 is 0 Å². The summed E-state index contributed by atoms with van der Waals surface area (Å²) < 4.78 is 0. The van der Waals surface area contributed by atoms with Crippen molar-refractivity contribution in [3.8, 4) is 0 Å². The number of hydrogen-bond acceptors (Lipinski definition) is 4. The summed E-state index contributed by atoms with van der Waals surface area (Å²) in [6, 6.07) is 0. The number of rotatable bonds is 1. The predicted molar refractivity (Wildman–Crippen MR) is 34.3 cm³/mol. The minimum absolute atomic E-state index is 0.407. The molecule has 1 rings (SSSR count). The highest BCUT2D eigenvalue weighted by molar-refractivity contribution is 4.84. The van der Waals surface area contributed by atoms with E-state index < -0.39 is 11.8 Å². The van der Waals surface area contributed by atoms with Gasteiger partial charge in [0.15, 0.2) is 5.72 Å². The van der Waals surface area contributed by atoms with Gasteiger partial charge in [0, 0.05) is 0 Å². The van der Waals surface area contributed by atoms with Crippen molar-refractivity contribution in [2.75, 3.05) is 0 Å². The Morgan fingerprint density at radius 3 is 2.50 bits per heavy atom. The smallest absolute Gasteiger partial charge is 0.163 e. The van der Waals surface area contributed by atoms with Crippen LogP contribution in [0, 0.1) is 0 Å². The summed E-state index contributed by atoms with van der Waals surface area (Å²) in [6.45, 7) is 0. The summed E-state index contributed by atoms with van der Waals surface area (Å²) in [6.07, 6.45) is 1.85. The Bertz CT molecular complexity index is 120. The van der Waals surface area contributed by atoms with Crippen LogP contribution in [0.2, 0.25) is 0 Å². The molecule has 2 atom stereocenters. The maximum atomic E-state index is 9.34. The predicted octanol–water partition coefficient (Wildman–Crippen LogP) is -0.411. The van der Waals surface area contributed by atoms with Gasteiger partial charge >= 0.3 is 0 Å². The van der Waals surface area contributed by atoms with Crippen molar-refractivity contribution < 1.29 is 15.4 Å². The maximum absolute atomic E-state index is 9.34. The van der Waals surface area contributed by atoms with E-state index in [2.05, 4.69) is 0 Å². The van der Waals surface area contributed by atoms with Crippen LogP contribution in [0.1, 0.15) is 25.7 Å². The van der Waals surface area contributed by atoms with Gasteiger partial charge in [0.25, 0.3) is 0 Å². The molecule has 4 nitrogen and oxygen atoms in total. The average molecular weight is 147 g/mol. The van der Waals surface area contributed by atoms with Crippen molar-refractivity contribution in [2.45, 2.75) is 37.5 Å². The third-order valence-electron chi connectivity index (χ3n) is 2.03. The Kier molecular flexibility index (Phi) is 2.25. The lowest BCUT2D eigenvalue weighted by Gasteiger charge is -2.35. The van der Waals surface area contributed by atoms with E-state index in [1.54, 1.807) is 5.48 Å². The maximum Gasteiger partial charge on any atom is 0.163 e. The summed E-state index contributed by atoms with van der Waals surface area (Å²) in [7, 11) is 0. The van der Waals surface area contributed by atoms with Crippen LogP contribution in [0.4, 0.5) is 0 Å². The summed E-state index contributed by atoms with van der Waals surface area (Å²) in [5, 5.41) is 27.0. The van der Waals surface area contributed by atoms with Crippen LogP contribution in [0.3, 0.4) is 0 Å². The summed E-state index contributed by atoms with van der Waals surface area (Å²) >= 11 is 0. The molecule has 0 aromatic carbocycles. The molecule has 0 radical (unpaired) electrons. The van der Waals surface area contributed by atoms with E-state index in [-0.39, 0.29) is 0 Å². The van der Waals surface area contributed by atoms with E-state index in [4.69, 9.17) is 10.3 Å². The highest BCUT2D eigenvalue weighted by Gasteiger charge is 2.37. The molecule has 1 aliphatic rings. The van der Waals surface area contributed by atoms with Gasteiger partial charge in [-0.1, -0.05) is 6.42 Å². The summed E-state index contributed by atoms with van der Waals surface area (Å²) in [5.41, 5.74) is 0.276. The van der Waals surface area contributed by atoms with Crippen LogP contribution in [0.15, 0.2) is 0 Å². The van der Waals surface area contributed by atoms with Crippen molar-refractivity contribution in [2.24, 2.45) is 0 Å². The Labute approximate surface area is 59.4 Å². The van der Waals surface area contributed by atoms with E-state index in [0.29, 0.717) is 12.8 Å². The standard InChI is InChI=1S/C6H13NO3/c8-5-3-1-2-4-6(5,9)7-10/h5,7-10H,1-4H2. The van der Waals surface area contributed by atoms with Gasteiger partial charge in [-0.25, -0.2) is 0 Å². The van der Waals surface area contributed by atoms with Gasteiger partial charge in [0.1, 0.15) is 0 Å². The Balaban J connectivity index is 2.54. The van der Waals surface area contributed by atoms with E-state index in [1.807, 2.05) is 0 Å². The van der Waals surface area contributed by atoms with Gasteiger partial charge in [-0.3, -0.25) is 0 Å². The molecule has 60 valence electrons. The molecule has 1 fully saturated rings. The molecule has 4 heteroatoms. The number of hydroxylamine groups is 1. The largest absolute Gasteiger partial charge is 0.389 e. The first-order valence-corrected chi connectivity index (χ1v) is 3.51. The monoisotopic (exact) mass is 147 g/mol. The molecule has 1 aliphatic carbocycles. The van der Waals surface area contributed by atoms with Gasteiger partial charge in [0.2, 0.25) is 0 Å². The molecule has 0 heterocycles. The van der Waals surface area contributed by atoms with Crippen molar-refractivity contribution in [3.63, 3.8) is 0 Å². The zero-order valence-corrected chi connectivity index (χ0v) is 5.75. The van der Waals surface area contributed by atoms with Crippen LogP contribution in [0.5, 0.6) is 0 Å². The number of hydrogen-bond donors (Lipinski definition) is 4. The molecule has 10 heavy (non-hydrogen) atoms. The quantitative estimate of drug-likeness (QED) is 0.300. The molecule has 0 spiro atoms. The summed E-state index contributed by atoms with van der Waals surface area (Å²) in [4.78, 5) is 0. The van der Waals surface area contributed by atoms with Crippen LogP contribution >= 0.6 is 0 Å². The van der Waals surface area contributed by atoms with Crippen LogP contribution in [-0.4, -0.2) is 27.2 Å². The molecule has 4 N–H and O–H groups in total. The number of nitrogens with one attached hydrogen (secondary N) is 1. The average Bonchev–Trinajstić information content (AvgIpc) is 1.96. The second-order valence-corrected chi connectivity index (χ2v) is 2.80. The minimum atomic E-state index is -1.46. The van der Waals surface area contributed by atoms with Crippen molar-refractivity contribution in [1.29, 1.82) is 0 Å². The first-order valence-electron chi connectivity index (χ1n) is 3.51. The molecular weight excluding hydrogens is 134 g/mol. The third kappa shape index (κ3) is 1.29. The lowest BCUT2D eigenvalue weighted by molar-refractivity contribution is -0.178. The lowest BCUT2D eigenvalue weighted by atomic mass is 9.90. The van der Waals surface area contributed by atoms with Gasteiger partial charge in [-0.05, 0) is 19.3 Å². The first kappa shape index (κ1) is 7.94. The Hall–Kier alpha value is -0.160. The topological polar surface area (TPSA) is 72.7 Å². The molecular formula is C6H13NO3. The number of aliphatic hydroxyl groups excluding tert-OH is 1. The molecule has 2 unspecified atom stereocenters. The van der Waals surface area contributed by atoms with Crippen LogP contribution < -0.4 is 5.48 Å². The Morgan fingerprint density at radius 2 is 2.10 bits per heavy atom. The van der Waals surface area contributed by atoms with E-state index in [9.17, 15) is 5.11 Å². The molecule has 0 aromatic heterocycles. The highest BCUT2D eigenvalue weighted by Crippen LogP contribution is 2.25. The normalized spacial score (nSPS) is 41.7. The van der Waals surface area contributed by atoms with Gasteiger partial charge in [-0.15, -0.1) is 0 Å². The fraction of sp³-hybridized carbons (Fsp3) is 1.00. The third-order valence-corrected chi connectivity index (χ3v) is 2.03. The lowest BCUT2D eigenvalue weighted by Crippen LogP contribution is -2.54. The fourth-order valence-corrected chi connectivity index (χ4v) is 1.27. The molecule has 0 amide bonds. The SMILES string of the molecule is ONC1(O)CCCCC1O. The van der Waals surface area contributed by atoms with Gasteiger partial charge in [0.05, 0.1) is 6.10 Å². The highest BCUT2D eigenvalue weighted by atomic mass is 16.5. The molecule has 0 aromatic rings. The van der Waals surface area contributed by atoms with Crippen LogP contribution in [0.25, 0.3) is 0 Å². The van der Waals surface area contributed by atoms with Crippen LogP contribution in [-0.2, 0) is 0 Å². The van der Waals surface area contributed by atoms with E-state index in [0.717, 1.165) is 12.8 Å². The first-order chi connectivity index (χ1) is 4.69.